The van der Waals surface area contributed by atoms with Crippen molar-refractivity contribution in [2.75, 3.05) is 30.8 Å². The van der Waals surface area contributed by atoms with Gasteiger partial charge in [-0.05, 0) is 22.0 Å². The fourth-order valence-corrected chi connectivity index (χ4v) is 2.07. The average molecular weight is 305 g/mol. The van der Waals surface area contributed by atoms with Crippen LogP contribution in [0.15, 0.2) is 16.6 Å². The third-order valence-corrected chi connectivity index (χ3v) is 3.39. The van der Waals surface area contributed by atoms with Crippen LogP contribution in [0.25, 0.3) is 0 Å². The van der Waals surface area contributed by atoms with Crippen molar-refractivity contribution in [1.29, 1.82) is 0 Å². The highest BCUT2D eigenvalue weighted by Gasteiger charge is 2.32. The van der Waals surface area contributed by atoms with E-state index in [1.165, 1.54) is 12.1 Å². The molecule has 1 heterocycles. The van der Waals surface area contributed by atoms with Crippen LogP contribution in [0.1, 0.15) is 6.42 Å². The highest BCUT2D eigenvalue weighted by atomic mass is 79.9. The molecule has 0 amide bonds. The summed E-state index contributed by atoms with van der Waals surface area (Å²) in [5, 5.41) is 13.0. The predicted octanol–water partition coefficient (Wildman–Crippen LogP) is 1.73. The van der Waals surface area contributed by atoms with Gasteiger partial charge in [-0.2, -0.15) is 0 Å². The van der Waals surface area contributed by atoms with Gasteiger partial charge in [0.25, 0.3) is 0 Å². The lowest BCUT2D eigenvalue weighted by Crippen LogP contribution is -2.37. The maximum atomic E-state index is 13.3. The first-order valence-electron chi connectivity index (χ1n) is 5.29. The van der Waals surface area contributed by atoms with Crippen LogP contribution in [0, 0.1) is 5.82 Å². The minimum absolute atomic E-state index is 0.290. The Morgan fingerprint density at radius 3 is 3.00 bits per heavy atom. The number of halogens is 2. The number of rotatable bonds is 3. The summed E-state index contributed by atoms with van der Waals surface area (Å²) in [5.74, 6) is -0.392. The Bertz CT molecular complexity index is 422. The van der Waals surface area contributed by atoms with Crippen LogP contribution < -0.4 is 11.1 Å². The van der Waals surface area contributed by atoms with Gasteiger partial charge in [0, 0.05) is 25.6 Å². The molecule has 0 bridgehead atoms. The Morgan fingerprint density at radius 1 is 1.59 bits per heavy atom. The van der Waals surface area contributed by atoms with Crippen LogP contribution in [-0.4, -0.2) is 30.5 Å². The molecule has 1 aromatic rings. The molecule has 4 nitrogen and oxygen atoms in total. The van der Waals surface area contributed by atoms with Crippen LogP contribution >= 0.6 is 15.9 Å². The van der Waals surface area contributed by atoms with Crippen LogP contribution in [0.3, 0.4) is 0 Å². The number of aliphatic hydroxyl groups is 1. The zero-order chi connectivity index (χ0) is 12.5. The first kappa shape index (κ1) is 12.6. The molecule has 1 unspecified atom stereocenters. The molecule has 1 saturated heterocycles. The number of nitrogen functional groups attached to an aromatic ring is 1. The lowest BCUT2D eigenvalue weighted by atomic mass is 10.0. The van der Waals surface area contributed by atoms with Crippen molar-refractivity contribution in [3.8, 4) is 0 Å². The maximum absolute atomic E-state index is 13.3. The van der Waals surface area contributed by atoms with E-state index >= 15 is 0 Å². The number of hydrogen-bond donors (Lipinski definition) is 3. The molecule has 1 aliphatic heterocycles. The molecule has 1 atom stereocenters. The van der Waals surface area contributed by atoms with Gasteiger partial charge in [0.15, 0.2) is 0 Å². The minimum atomic E-state index is -0.893. The standard InChI is InChI=1S/C11H14BrFN2O2/c12-7-3-9(14)10(4-8(7)13)15-5-11(16)1-2-17-6-11/h3-4,15-16H,1-2,5-6,14H2. The van der Waals surface area contributed by atoms with Crippen LogP contribution in [0.5, 0.6) is 0 Å². The summed E-state index contributed by atoms with van der Waals surface area (Å²) >= 11 is 3.06. The Balaban J connectivity index is 2.06. The van der Waals surface area contributed by atoms with Gasteiger partial charge in [0.05, 0.1) is 22.5 Å². The summed E-state index contributed by atoms with van der Waals surface area (Å²) < 4.78 is 18.8. The van der Waals surface area contributed by atoms with E-state index in [1.807, 2.05) is 0 Å². The van der Waals surface area contributed by atoms with Crippen molar-refractivity contribution < 1.29 is 14.2 Å². The fraction of sp³-hybridized carbons (Fsp3) is 0.455. The minimum Gasteiger partial charge on any atom is -0.397 e. The van der Waals surface area contributed by atoms with E-state index in [-0.39, 0.29) is 6.54 Å². The van der Waals surface area contributed by atoms with E-state index in [9.17, 15) is 9.50 Å². The van der Waals surface area contributed by atoms with Gasteiger partial charge >= 0.3 is 0 Å². The van der Waals surface area contributed by atoms with Gasteiger partial charge in [0.2, 0.25) is 0 Å². The third-order valence-electron chi connectivity index (χ3n) is 2.78. The predicted molar refractivity (Wildman–Crippen MR) is 67.4 cm³/mol. The van der Waals surface area contributed by atoms with Crippen molar-refractivity contribution in [1.82, 2.24) is 0 Å². The molecular weight excluding hydrogens is 291 g/mol. The van der Waals surface area contributed by atoms with E-state index in [2.05, 4.69) is 21.2 Å². The summed E-state index contributed by atoms with van der Waals surface area (Å²) in [6.07, 6.45) is 0.568. The Morgan fingerprint density at radius 2 is 2.35 bits per heavy atom. The average Bonchev–Trinajstić information content (AvgIpc) is 2.69. The van der Waals surface area contributed by atoms with Gasteiger partial charge in [-0.25, -0.2) is 4.39 Å². The molecule has 0 aromatic heterocycles. The number of hydrogen-bond acceptors (Lipinski definition) is 4. The summed E-state index contributed by atoms with van der Waals surface area (Å²) in [7, 11) is 0. The van der Waals surface area contributed by atoms with E-state index in [4.69, 9.17) is 10.5 Å². The van der Waals surface area contributed by atoms with Gasteiger partial charge in [-0.1, -0.05) is 0 Å². The molecule has 1 aromatic carbocycles. The van der Waals surface area contributed by atoms with Crippen LogP contribution in [0.4, 0.5) is 15.8 Å². The molecule has 17 heavy (non-hydrogen) atoms. The molecule has 94 valence electrons. The SMILES string of the molecule is Nc1cc(Br)c(F)cc1NCC1(O)CCOC1. The summed E-state index contributed by atoms with van der Waals surface area (Å²) in [4.78, 5) is 0. The van der Waals surface area contributed by atoms with Crippen molar-refractivity contribution in [3.63, 3.8) is 0 Å². The normalized spacial score (nSPS) is 23.9. The molecule has 0 radical (unpaired) electrons. The second-order valence-corrected chi connectivity index (χ2v) is 5.09. The molecule has 1 fully saturated rings. The second kappa shape index (κ2) is 4.80. The van der Waals surface area contributed by atoms with E-state index < -0.39 is 11.4 Å². The Kier molecular flexibility index (Phi) is 3.56. The Hall–Kier alpha value is -0.850. The molecule has 0 spiro atoms. The monoisotopic (exact) mass is 304 g/mol. The number of ether oxygens (including phenoxy) is 1. The van der Waals surface area contributed by atoms with Crippen LogP contribution in [0.2, 0.25) is 0 Å². The van der Waals surface area contributed by atoms with Crippen molar-refractivity contribution in [2.45, 2.75) is 12.0 Å². The number of anilines is 2. The van der Waals surface area contributed by atoms with Gasteiger partial charge in [-0.3, -0.25) is 0 Å². The smallest absolute Gasteiger partial charge is 0.139 e. The number of nitrogens with one attached hydrogen (secondary N) is 1. The molecule has 6 heteroatoms. The van der Waals surface area contributed by atoms with E-state index in [1.54, 1.807) is 0 Å². The highest BCUT2D eigenvalue weighted by Crippen LogP contribution is 2.27. The van der Waals surface area contributed by atoms with Gasteiger partial charge in [-0.15, -0.1) is 0 Å². The zero-order valence-corrected chi connectivity index (χ0v) is 10.8. The van der Waals surface area contributed by atoms with Gasteiger partial charge < -0.3 is 20.9 Å². The zero-order valence-electron chi connectivity index (χ0n) is 9.17. The first-order chi connectivity index (χ1) is 8.00. The lowest BCUT2D eigenvalue weighted by molar-refractivity contribution is 0.0382. The van der Waals surface area contributed by atoms with Crippen LogP contribution in [-0.2, 0) is 4.74 Å². The summed E-state index contributed by atoms with van der Waals surface area (Å²) in [6, 6.07) is 2.80. The van der Waals surface area contributed by atoms with Crippen molar-refractivity contribution in [2.24, 2.45) is 0 Å². The second-order valence-electron chi connectivity index (χ2n) is 4.23. The molecule has 4 N–H and O–H groups in total. The molecule has 0 saturated carbocycles. The van der Waals surface area contributed by atoms with Crippen molar-refractivity contribution >= 4 is 27.3 Å². The number of benzene rings is 1. The van der Waals surface area contributed by atoms with E-state index in [0.29, 0.717) is 35.5 Å². The molecule has 0 aliphatic carbocycles. The molecular formula is C11H14BrFN2O2. The molecule has 1 aliphatic rings. The number of nitrogens with two attached hydrogens (primary N) is 1. The summed E-state index contributed by atoms with van der Waals surface area (Å²) in [6.45, 7) is 1.12. The quantitative estimate of drug-likeness (QED) is 0.744. The maximum Gasteiger partial charge on any atom is 0.139 e. The van der Waals surface area contributed by atoms with E-state index in [0.717, 1.165) is 0 Å². The molecule has 2 rings (SSSR count). The topological polar surface area (TPSA) is 67.5 Å². The first-order valence-corrected chi connectivity index (χ1v) is 6.08. The fourth-order valence-electron chi connectivity index (χ4n) is 1.71. The third kappa shape index (κ3) is 2.88. The largest absolute Gasteiger partial charge is 0.397 e. The Labute approximate surface area is 107 Å². The highest BCUT2D eigenvalue weighted by molar-refractivity contribution is 9.10. The lowest BCUT2D eigenvalue weighted by Gasteiger charge is -2.22. The van der Waals surface area contributed by atoms with Gasteiger partial charge in [0.1, 0.15) is 11.4 Å². The summed E-state index contributed by atoms with van der Waals surface area (Å²) in [5.41, 5.74) is 5.76. The van der Waals surface area contributed by atoms with Crippen molar-refractivity contribution in [3.05, 3.63) is 22.4 Å².